The molecule has 5 heteroatoms. The topological polar surface area (TPSA) is 59.4 Å². The second-order valence-corrected chi connectivity index (χ2v) is 3.49. The summed E-state index contributed by atoms with van der Waals surface area (Å²) in [6, 6.07) is 0. The largest absolute Gasteiger partial charge is 0.493 e. The predicted molar refractivity (Wildman–Crippen MR) is 48.9 cm³/mol. The van der Waals surface area contributed by atoms with Gasteiger partial charge in [-0.15, -0.1) is 11.3 Å². The number of thiazole rings is 1. The van der Waals surface area contributed by atoms with Crippen molar-refractivity contribution in [3.63, 3.8) is 0 Å². The summed E-state index contributed by atoms with van der Waals surface area (Å²) in [6.07, 6.45) is 0.655. The average molecular weight is 201 g/mol. The van der Waals surface area contributed by atoms with Gasteiger partial charge in [0.1, 0.15) is 0 Å². The minimum Gasteiger partial charge on any atom is -0.493 e. The number of rotatable bonds is 3. The van der Waals surface area contributed by atoms with Gasteiger partial charge in [0.2, 0.25) is 10.9 Å². The van der Waals surface area contributed by atoms with Gasteiger partial charge < -0.3 is 9.84 Å². The standard InChI is InChI=1S/C8H11NO3S/c1-3-5(2)12-8(11)7-9-6(10)4-13-7/h4-5,10H,3H2,1-2H3. The normalized spacial score (nSPS) is 12.5. The number of esters is 1. The van der Waals surface area contributed by atoms with Gasteiger partial charge >= 0.3 is 5.97 Å². The van der Waals surface area contributed by atoms with E-state index in [1.165, 1.54) is 5.38 Å². The van der Waals surface area contributed by atoms with Crippen LogP contribution < -0.4 is 0 Å². The minimum atomic E-state index is -0.473. The summed E-state index contributed by atoms with van der Waals surface area (Å²) in [7, 11) is 0. The minimum absolute atomic E-state index is 0.112. The van der Waals surface area contributed by atoms with E-state index in [2.05, 4.69) is 4.98 Å². The first-order valence-electron chi connectivity index (χ1n) is 3.99. The summed E-state index contributed by atoms with van der Waals surface area (Å²) < 4.78 is 5.00. The molecule has 1 rings (SSSR count). The molecule has 0 spiro atoms. The van der Waals surface area contributed by atoms with Crippen molar-refractivity contribution >= 4 is 17.3 Å². The van der Waals surface area contributed by atoms with E-state index < -0.39 is 5.97 Å². The smallest absolute Gasteiger partial charge is 0.367 e. The van der Waals surface area contributed by atoms with Gasteiger partial charge in [-0.05, 0) is 13.3 Å². The summed E-state index contributed by atoms with van der Waals surface area (Å²) in [5, 5.41) is 10.5. The highest BCUT2D eigenvalue weighted by atomic mass is 32.1. The van der Waals surface area contributed by atoms with E-state index in [0.29, 0.717) is 0 Å². The first-order valence-corrected chi connectivity index (χ1v) is 4.87. The maximum Gasteiger partial charge on any atom is 0.367 e. The zero-order valence-electron chi connectivity index (χ0n) is 7.48. The van der Waals surface area contributed by atoms with Crippen LogP contribution in [-0.2, 0) is 4.74 Å². The van der Waals surface area contributed by atoms with Crippen LogP contribution in [0.4, 0.5) is 0 Å². The molecule has 0 amide bonds. The summed E-state index contributed by atoms with van der Waals surface area (Å²) in [6.45, 7) is 3.74. The molecule has 1 aromatic heterocycles. The van der Waals surface area contributed by atoms with Crippen molar-refractivity contribution in [1.82, 2.24) is 4.98 Å². The number of hydrogen-bond donors (Lipinski definition) is 1. The van der Waals surface area contributed by atoms with Crippen LogP contribution in [0.2, 0.25) is 0 Å². The molecule has 1 unspecified atom stereocenters. The Kier molecular flexibility index (Phi) is 3.25. The van der Waals surface area contributed by atoms with Crippen LogP contribution in [-0.4, -0.2) is 22.2 Å². The Hall–Kier alpha value is -1.10. The maximum atomic E-state index is 11.2. The Morgan fingerprint density at radius 3 is 3.00 bits per heavy atom. The Bertz CT molecular complexity index is 297. The number of aromatic nitrogens is 1. The lowest BCUT2D eigenvalue weighted by Crippen LogP contribution is -2.13. The fraction of sp³-hybridized carbons (Fsp3) is 0.500. The molecule has 0 radical (unpaired) electrons. The molecule has 0 aliphatic carbocycles. The Morgan fingerprint density at radius 1 is 1.85 bits per heavy atom. The van der Waals surface area contributed by atoms with Crippen LogP contribution in [0.15, 0.2) is 5.38 Å². The van der Waals surface area contributed by atoms with Gasteiger partial charge in [0.05, 0.1) is 11.5 Å². The molecule has 4 nitrogen and oxygen atoms in total. The highest BCUT2D eigenvalue weighted by Gasteiger charge is 2.14. The number of aromatic hydroxyl groups is 1. The van der Waals surface area contributed by atoms with Crippen molar-refractivity contribution in [1.29, 1.82) is 0 Å². The number of nitrogens with zero attached hydrogens (tertiary/aromatic N) is 1. The van der Waals surface area contributed by atoms with Gasteiger partial charge in [0.25, 0.3) is 0 Å². The van der Waals surface area contributed by atoms with Crippen molar-refractivity contribution in [3.8, 4) is 5.88 Å². The van der Waals surface area contributed by atoms with Crippen molar-refractivity contribution < 1.29 is 14.6 Å². The van der Waals surface area contributed by atoms with Gasteiger partial charge in [-0.3, -0.25) is 0 Å². The average Bonchev–Trinajstić information content (AvgIpc) is 2.51. The third-order valence-electron chi connectivity index (χ3n) is 1.55. The number of hydrogen-bond acceptors (Lipinski definition) is 5. The summed E-state index contributed by atoms with van der Waals surface area (Å²) in [5.41, 5.74) is 0. The number of ether oxygens (including phenoxy) is 1. The molecular weight excluding hydrogens is 190 g/mol. The summed E-state index contributed by atoms with van der Waals surface area (Å²) in [5.74, 6) is -0.610. The molecule has 0 bridgehead atoms. The zero-order valence-corrected chi connectivity index (χ0v) is 8.30. The second kappa shape index (κ2) is 4.23. The highest BCUT2D eigenvalue weighted by Crippen LogP contribution is 2.16. The second-order valence-electron chi connectivity index (χ2n) is 2.64. The van der Waals surface area contributed by atoms with E-state index in [4.69, 9.17) is 9.84 Å². The van der Waals surface area contributed by atoms with Crippen LogP contribution in [0.25, 0.3) is 0 Å². The first kappa shape index (κ1) is 9.98. The lowest BCUT2D eigenvalue weighted by Gasteiger charge is -2.08. The lowest BCUT2D eigenvalue weighted by molar-refractivity contribution is 0.0333. The molecule has 1 aromatic rings. The van der Waals surface area contributed by atoms with E-state index in [-0.39, 0.29) is 17.0 Å². The molecule has 0 aliphatic heterocycles. The molecule has 1 N–H and O–H groups in total. The highest BCUT2D eigenvalue weighted by molar-refractivity contribution is 7.11. The van der Waals surface area contributed by atoms with Gasteiger partial charge in [-0.2, -0.15) is 4.98 Å². The van der Waals surface area contributed by atoms with Gasteiger partial charge in [0, 0.05) is 0 Å². The van der Waals surface area contributed by atoms with Crippen molar-refractivity contribution in [3.05, 3.63) is 10.4 Å². The first-order chi connectivity index (χ1) is 6.13. The molecule has 1 heterocycles. The third kappa shape index (κ3) is 2.69. The molecule has 0 aliphatic rings. The molecule has 0 fully saturated rings. The molecule has 72 valence electrons. The summed E-state index contributed by atoms with van der Waals surface area (Å²) >= 11 is 1.07. The monoisotopic (exact) mass is 201 g/mol. The number of carbonyl (C=O) groups excluding carboxylic acids is 1. The van der Waals surface area contributed by atoms with Gasteiger partial charge in [-0.1, -0.05) is 6.92 Å². The van der Waals surface area contributed by atoms with Crippen molar-refractivity contribution in [2.45, 2.75) is 26.4 Å². The fourth-order valence-electron chi connectivity index (χ4n) is 0.675. The van der Waals surface area contributed by atoms with Crippen LogP contribution in [0, 0.1) is 0 Å². The SMILES string of the molecule is CCC(C)OC(=O)c1nc(O)cs1. The molecule has 1 atom stereocenters. The van der Waals surface area contributed by atoms with E-state index in [0.717, 1.165) is 17.8 Å². The van der Waals surface area contributed by atoms with Crippen molar-refractivity contribution in [2.75, 3.05) is 0 Å². The molecule has 13 heavy (non-hydrogen) atoms. The molecule has 0 saturated carbocycles. The zero-order chi connectivity index (χ0) is 9.84. The Balaban J connectivity index is 2.58. The van der Waals surface area contributed by atoms with Crippen molar-refractivity contribution in [2.24, 2.45) is 0 Å². The van der Waals surface area contributed by atoms with E-state index in [1.807, 2.05) is 13.8 Å². The Morgan fingerprint density at radius 2 is 2.54 bits per heavy atom. The fourth-order valence-corrected chi connectivity index (χ4v) is 1.24. The predicted octanol–water partition coefficient (Wildman–Crippen LogP) is 1.80. The third-order valence-corrected chi connectivity index (χ3v) is 2.36. The molecule has 0 saturated heterocycles. The van der Waals surface area contributed by atoms with E-state index in [9.17, 15) is 4.79 Å². The molecule has 0 aromatic carbocycles. The van der Waals surface area contributed by atoms with E-state index >= 15 is 0 Å². The van der Waals surface area contributed by atoms with Crippen LogP contribution in [0.5, 0.6) is 5.88 Å². The van der Waals surface area contributed by atoms with Crippen LogP contribution in [0.1, 0.15) is 30.1 Å². The Labute approximate surface area is 80.2 Å². The lowest BCUT2D eigenvalue weighted by atomic mass is 10.3. The van der Waals surface area contributed by atoms with Gasteiger partial charge in [-0.25, -0.2) is 4.79 Å². The van der Waals surface area contributed by atoms with E-state index in [1.54, 1.807) is 0 Å². The number of carbonyl (C=O) groups is 1. The maximum absolute atomic E-state index is 11.2. The molecular formula is C8H11NO3S. The quantitative estimate of drug-likeness (QED) is 0.757. The van der Waals surface area contributed by atoms with Gasteiger partial charge in [0.15, 0.2) is 0 Å². The summed E-state index contributed by atoms with van der Waals surface area (Å²) in [4.78, 5) is 14.8. The van der Waals surface area contributed by atoms with Crippen LogP contribution >= 0.6 is 11.3 Å². The van der Waals surface area contributed by atoms with Crippen LogP contribution in [0.3, 0.4) is 0 Å².